The quantitative estimate of drug-likeness (QED) is 0.648. The molecule has 3 unspecified atom stereocenters. The van der Waals surface area contributed by atoms with E-state index in [2.05, 4.69) is 13.8 Å². The Balaban J connectivity index is 2.59. The number of halogens is 1. The molecule has 0 spiro atoms. The fraction of sp³-hybridized carbons (Fsp3) is 0.929. The standard InChI is InChI=1S/C14H25ClO/c1-4-6-7-12-8-9-14(5-2,11(3)16)10-13(12)15/h12-13H,4-10H2,1-3H3. The van der Waals surface area contributed by atoms with Gasteiger partial charge < -0.3 is 0 Å². The molecule has 1 saturated carbocycles. The molecule has 0 saturated heterocycles. The molecule has 1 fully saturated rings. The second kappa shape index (κ2) is 6.05. The Labute approximate surface area is 105 Å². The molecule has 3 atom stereocenters. The molecular weight excluding hydrogens is 220 g/mol. The van der Waals surface area contributed by atoms with Gasteiger partial charge in [-0.05, 0) is 44.9 Å². The van der Waals surface area contributed by atoms with Crippen molar-refractivity contribution in [1.82, 2.24) is 0 Å². The molecule has 0 bridgehead atoms. The highest BCUT2D eigenvalue weighted by molar-refractivity contribution is 6.21. The van der Waals surface area contributed by atoms with Crippen LogP contribution in [-0.2, 0) is 4.79 Å². The predicted molar refractivity (Wildman–Crippen MR) is 69.9 cm³/mol. The van der Waals surface area contributed by atoms with Crippen molar-refractivity contribution < 1.29 is 4.79 Å². The lowest BCUT2D eigenvalue weighted by atomic mass is 9.66. The number of ketones is 1. The summed E-state index contributed by atoms with van der Waals surface area (Å²) in [5.41, 5.74) is -0.102. The van der Waals surface area contributed by atoms with Crippen LogP contribution in [0.5, 0.6) is 0 Å². The van der Waals surface area contributed by atoms with Gasteiger partial charge in [-0.2, -0.15) is 0 Å². The van der Waals surface area contributed by atoms with Crippen molar-refractivity contribution in [1.29, 1.82) is 0 Å². The summed E-state index contributed by atoms with van der Waals surface area (Å²) in [4.78, 5) is 11.8. The van der Waals surface area contributed by atoms with E-state index >= 15 is 0 Å². The van der Waals surface area contributed by atoms with Crippen molar-refractivity contribution >= 4 is 17.4 Å². The second-order valence-corrected chi connectivity index (χ2v) is 5.91. The van der Waals surface area contributed by atoms with Crippen molar-refractivity contribution in [3.8, 4) is 0 Å². The molecule has 0 aromatic carbocycles. The first-order valence-electron chi connectivity index (χ1n) is 6.71. The number of carbonyl (C=O) groups excluding carboxylic acids is 1. The summed E-state index contributed by atoms with van der Waals surface area (Å²) in [5.74, 6) is 0.982. The minimum atomic E-state index is -0.102. The van der Waals surface area contributed by atoms with Crippen LogP contribution in [0.25, 0.3) is 0 Å². The van der Waals surface area contributed by atoms with Crippen LogP contribution in [0.15, 0.2) is 0 Å². The summed E-state index contributed by atoms with van der Waals surface area (Å²) in [6.45, 7) is 6.08. The molecule has 0 amide bonds. The third kappa shape index (κ3) is 3.00. The van der Waals surface area contributed by atoms with Crippen LogP contribution in [0.1, 0.15) is 65.7 Å². The average molecular weight is 245 g/mol. The zero-order valence-corrected chi connectivity index (χ0v) is 11.6. The van der Waals surface area contributed by atoms with Gasteiger partial charge in [0.25, 0.3) is 0 Å². The van der Waals surface area contributed by atoms with Gasteiger partial charge >= 0.3 is 0 Å². The van der Waals surface area contributed by atoms with Gasteiger partial charge in [0.05, 0.1) is 0 Å². The highest BCUT2D eigenvalue weighted by Crippen LogP contribution is 2.45. The molecule has 0 aliphatic heterocycles. The summed E-state index contributed by atoms with van der Waals surface area (Å²) < 4.78 is 0. The molecule has 0 aromatic rings. The number of unbranched alkanes of at least 4 members (excludes halogenated alkanes) is 1. The molecule has 1 rings (SSSR count). The Bertz CT molecular complexity index is 239. The van der Waals surface area contributed by atoms with E-state index in [9.17, 15) is 4.79 Å². The molecule has 16 heavy (non-hydrogen) atoms. The number of hydrogen-bond donors (Lipinski definition) is 0. The van der Waals surface area contributed by atoms with E-state index in [1.165, 1.54) is 19.3 Å². The van der Waals surface area contributed by atoms with Crippen LogP contribution in [0.4, 0.5) is 0 Å². The Kier molecular flexibility index (Phi) is 5.30. The first-order valence-corrected chi connectivity index (χ1v) is 7.14. The first-order chi connectivity index (χ1) is 7.55. The van der Waals surface area contributed by atoms with Crippen LogP contribution in [0.3, 0.4) is 0 Å². The molecule has 0 N–H and O–H groups in total. The summed E-state index contributed by atoms with van der Waals surface area (Å²) in [6.07, 6.45) is 7.79. The zero-order chi connectivity index (χ0) is 12.2. The third-order valence-electron chi connectivity index (χ3n) is 4.44. The minimum Gasteiger partial charge on any atom is -0.299 e. The molecule has 94 valence electrons. The fourth-order valence-electron chi connectivity index (χ4n) is 2.97. The SMILES string of the molecule is CCCCC1CCC(CC)(C(C)=O)CC1Cl. The van der Waals surface area contributed by atoms with Gasteiger partial charge in [-0.25, -0.2) is 0 Å². The van der Waals surface area contributed by atoms with Crippen molar-refractivity contribution in [2.24, 2.45) is 11.3 Å². The molecule has 1 aliphatic rings. The number of carbonyl (C=O) groups is 1. The van der Waals surface area contributed by atoms with Crippen molar-refractivity contribution in [2.75, 3.05) is 0 Å². The normalized spacial score (nSPS) is 35.0. The molecule has 0 aromatic heterocycles. The molecule has 1 aliphatic carbocycles. The molecule has 2 heteroatoms. The van der Waals surface area contributed by atoms with Gasteiger partial charge in [-0.15, -0.1) is 11.6 Å². The van der Waals surface area contributed by atoms with E-state index in [0.717, 1.165) is 25.7 Å². The maximum atomic E-state index is 11.8. The number of hydrogen-bond acceptors (Lipinski definition) is 1. The Hall–Kier alpha value is -0.0400. The van der Waals surface area contributed by atoms with Crippen LogP contribution < -0.4 is 0 Å². The molecule has 0 radical (unpaired) electrons. The predicted octanol–water partition coefficient (Wildman–Crippen LogP) is 4.57. The zero-order valence-electron chi connectivity index (χ0n) is 10.9. The maximum Gasteiger partial charge on any atom is 0.136 e. The van der Waals surface area contributed by atoms with Crippen LogP contribution >= 0.6 is 11.6 Å². The lowest BCUT2D eigenvalue weighted by Crippen LogP contribution is -2.39. The molecule has 0 heterocycles. The maximum absolute atomic E-state index is 11.8. The Morgan fingerprint density at radius 1 is 1.44 bits per heavy atom. The van der Waals surface area contributed by atoms with Gasteiger partial charge in [0, 0.05) is 10.8 Å². The van der Waals surface area contributed by atoms with Crippen LogP contribution in [-0.4, -0.2) is 11.2 Å². The van der Waals surface area contributed by atoms with Crippen LogP contribution in [0, 0.1) is 11.3 Å². The lowest BCUT2D eigenvalue weighted by molar-refractivity contribution is -0.129. The fourth-order valence-corrected chi connectivity index (χ4v) is 3.51. The van der Waals surface area contributed by atoms with Crippen molar-refractivity contribution in [3.05, 3.63) is 0 Å². The number of alkyl halides is 1. The van der Waals surface area contributed by atoms with E-state index < -0.39 is 0 Å². The smallest absolute Gasteiger partial charge is 0.136 e. The van der Waals surface area contributed by atoms with E-state index in [1.54, 1.807) is 6.92 Å². The molecule has 1 nitrogen and oxygen atoms in total. The van der Waals surface area contributed by atoms with Gasteiger partial charge in [-0.3, -0.25) is 4.79 Å². The largest absolute Gasteiger partial charge is 0.299 e. The monoisotopic (exact) mass is 244 g/mol. The molecular formula is C14H25ClO. The topological polar surface area (TPSA) is 17.1 Å². The lowest BCUT2D eigenvalue weighted by Gasteiger charge is -2.40. The Morgan fingerprint density at radius 2 is 2.12 bits per heavy atom. The van der Waals surface area contributed by atoms with E-state index in [4.69, 9.17) is 11.6 Å². The summed E-state index contributed by atoms with van der Waals surface area (Å²) >= 11 is 6.47. The van der Waals surface area contributed by atoms with Gasteiger partial charge in [0.1, 0.15) is 5.78 Å². The van der Waals surface area contributed by atoms with Gasteiger partial charge in [-0.1, -0.05) is 26.7 Å². The van der Waals surface area contributed by atoms with Gasteiger partial charge in [0.15, 0.2) is 0 Å². The first kappa shape index (κ1) is 14.0. The summed E-state index contributed by atoms with van der Waals surface area (Å²) in [5, 5.41) is 0.212. The summed E-state index contributed by atoms with van der Waals surface area (Å²) in [6, 6.07) is 0. The van der Waals surface area contributed by atoms with Crippen molar-refractivity contribution in [3.63, 3.8) is 0 Å². The van der Waals surface area contributed by atoms with E-state index in [-0.39, 0.29) is 10.8 Å². The highest BCUT2D eigenvalue weighted by Gasteiger charge is 2.41. The van der Waals surface area contributed by atoms with Crippen LogP contribution in [0.2, 0.25) is 0 Å². The third-order valence-corrected chi connectivity index (χ3v) is 4.95. The van der Waals surface area contributed by atoms with E-state index in [0.29, 0.717) is 11.7 Å². The van der Waals surface area contributed by atoms with E-state index in [1.807, 2.05) is 0 Å². The Morgan fingerprint density at radius 3 is 2.56 bits per heavy atom. The van der Waals surface area contributed by atoms with Crippen molar-refractivity contribution in [2.45, 2.75) is 71.1 Å². The number of rotatable bonds is 5. The number of Topliss-reactive ketones (excluding diaryl/α,β-unsaturated/α-hetero) is 1. The minimum absolute atomic E-state index is 0.102. The summed E-state index contributed by atoms with van der Waals surface area (Å²) in [7, 11) is 0. The highest BCUT2D eigenvalue weighted by atomic mass is 35.5. The second-order valence-electron chi connectivity index (χ2n) is 5.35. The average Bonchev–Trinajstić information content (AvgIpc) is 2.27. The van der Waals surface area contributed by atoms with Gasteiger partial charge in [0.2, 0.25) is 0 Å².